The predicted octanol–water partition coefficient (Wildman–Crippen LogP) is 12.5. The molecule has 0 amide bonds. The minimum absolute atomic E-state index is 0.114. The van der Waals surface area contributed by atoms with Crippen molar-refractivity contribution in [3.05, 3.63) is 88.5 Å². The van der Waals surface area contributed by atoms with Gasteiger partial charge in [-0.25, -0.2) is 0 Å². The highest BCUT2D eigenvalue weighted by atomic mass is 31.1. The number of hydrogen-bond donors (Lipinski definition) is 0. The second-order valence-corrected chi connectivity index (χ2v) is 20.3. The Hall–Kier alpha value is -1.90. The summed E-state index contributed by atoms with van der Waals surface area (Å²) in [7, 11) is -1.90. The molecule has 2 unspecified atom stereocenters. The van der Waals surface area contributed by atoms with Gasteiger partial charge in [-0.05, 0) is 146 Å². The van der Waals surface area contributed by atoms with Crippen LogP contribution in [0.3, 0.4) is 0 Å². The number of alkyl halides is 6. The smallest absolute Gasteiger partial charge is 0.166 e. The molecule has 3 aromatic rings. The molecule has 6 rings (SSSR count). The van der Waals surface area contributed by atoms with E-state index in [1.54, 1.807) is 31.3 Å². The zero-order valence-electron chi connectivity index (χ0n) is 29.0. The average Bonchev–Trinajstić information content (AvgIpc) is 3.55. The van der Waals surface area contributed by atoms with E-state index in [1.807, 2.05) is 0 Å². The molecular weight excluding hydrogens is 668 g/mol. The van der Waals surface area contributed by atoms with E-state index in [4.69, 9.17) is 0 Å². The van der Waals surface area contributed by atoms with Crippen molar-refractivity contribution in [3.63, 3.8) is 0 Å². The number of aryl methyl sites for hydroxylation is 2. The zero-order chi connectivity index (χ0) is 34.9. The van der Waals surface area contributed by atoms with Gasteiger partial charge in [0, 0.05) is 0 Å². The molecule has 3 fully saturated rings. The average molecular weight is 719 g/mol. The molecule has 3 aromatic carbocycles. The number of benzene rings is 3. The second kappa shape index (κ2) is 15.4. The lowest BCUT2D eigenvalue weighted by Crippen LogP contribution is -2.32. The summed E-state index contributed by atoms with van der Waals surface area (Å²) in [5.74, 6) is 0.402. The van der Waals surface area contributed by atoms with Gasteiger partial charge in [-0.2, -0.15) is 26.3 Å². The van der Waals surface area contributed by atoms with Crippen LogP contribution in [-0.2, 0) is 12.4 Å². The number of halogens is 6. The first-order valence-corrected chi connectivity index (χ1v) is 21.2. The second-order valence-electron chi connectivity index (χ2n) is 15.0. The fourth-order valence-corrected chi connectivity index (χ4v) is 16.6. The maximum absolute atomic E-state index is 14.2. The Morgan fingerprint density at radius 2 is 1.08 bits per heavy atom. The summed E-state index contributed by atoms with van der Waals surface area (Å²) in [5, 5.41) is 2.58. The van der Waals surface area contributed by atoms with Crippen LogP contribution in [0.2, 0.25) is 0 Å². The van der Waals surface area contributed by atoms with Crippen LogP contribution in [0.25, 0.3) is 0 Å². The third kappa shape index (κ3) is 8.43. The van der Waals surface area contributed by atoms with Gasteiger partial charge in [0.05, 0.1) is 11.1 Å². The molecule has 0 aliphatic heterocycles. The van der Waals surface area contributed by atoms with Gasteiger partial charge < -0.3 is 0 Å². The molecule has 0 radical (unpaired) electrons. The largest absolute Gasteiger partial charge is 0.416 e. The molecule has 8 heteroatoms. The summed E-state index contributed by atoms with van der Waals surface area (Å²) in [6.07, 6.45) is 6.94. The van der Waals surface area contributed by atoms with Crippen molar-refractivity contribution < 1.29 is 26.3 Å². The van der Waals surface area contributed by atoms with Crippen molar-refractivity contribution in [3.8, 4) is 0 Å². The van der Waals surface area contributed by atoms with Crippen LogP contribution in [0.15, 0.2) is 60.7 Å². The Kier molecular flexibility index (Phi) is 11.6. The van der Waals surface area contributed by atoms with Crippen molar-refractivity contribution in [2.75, 3.05) is 0 Å². The van der Waals surface area contributed by atoms with Crippen LogP contribution in [0.5, 0.6) is 0 Å². The Bertz CT molecular complexity index is 1490. The van der Waals surface area contributed by atoms with Crippen LogP contribution in [0.4, 0.5) is 26.3 Å². The summed E-state index contributed by atoms with van der Waals surface area (Å²) >= 11 is 0. The first-order chi connectivity index (χ1) is 23.3. The molecule has 3 atom stereocenters. The highest BCUT2D eigenvalue weighted by Gasteiger charge is 2.42. The lowest BCUT2D eigenvalue weighted by molar-refractivity contribution is -0.138. The molecular formula is C41H50F6P2. The summed E-state index contributed by atoms with van der Waals surface area (Å²) in [6, 6.07) is 17.4. The van der Waals surface area contributed by atoms with Gasteiger partial charge in [0.15, 0.2) is 0 Å². The van der Waals surface area contributed by atoms with E-state index >= 15 is 0 Å². The van der Waals surface area contributed by atoms with Crippen molar-refractivity contribution in [2.45, 2.75) is 139 Å². The third-order valence-corrected chi connectivity index (χ3v) is 17.9. The molecule has 0 heterocycles. The van der Waals surface area contributed by atoms with E-state index in [-0.39, 0.29) is 25.4 Å². The third-order valence-electron chi connectivity index (χ3n) is 11.5. The van der Waals surface area contributed by atoms with Crippen LogP contribution in [0.1, 0.15) is 124 Å². The van der Waals surface area contributed by atoms with Crippen molar-refractivity contribution in [1.29, 1.82) is 0 Å². The minimum Gasteiger partial charge on any atom is -0.166 e. The van der Waals surface area contributed by atoms with E-state index in [0.717, 1.165) is 42.7 Å². The highest BCUT2D eigenvalue weighted by Crippen LogP contribution is 2.58. The Morgan fingerprint density at radius 3 is 1.57 bits per heavy atom. The van der Waals surface area contributed by atoms with E-state index in [2.05, 4.69) is 31.2 Å². The van der Waals surface area contributed by atoms with Crippen LogP contribution >= 0.6 is 15.8 Å². The van der Waals surface area contributed by atoms with Gasteiger partial charge in [0.2, 0.25) is 0 Å². The van der Waals surface area contributed by atoms with Crippen LogP contribution in [0, 0.1) is 19.8 Å². The van der Waals surface area contributed by atoms with Gasteiger partial charge in [-0.15, -0.1) is 0 Å². The van der Waals surface area contributed by atoms with Crippen molar-refractivity contribution >= 4 is 31.8 Å². The predicted molar refractivity (Wildman–Crippen MR) is 195 cm³/mol. The van der Waals surface area contributed by atoms with Gasteiger partial charge in [-0.1, -0.05) is 96.2 Å². The maximum Gasteiger partial charge on any atom is 0.416 e. The first-order valence-electron chi connectivity index (χ1n) is 18.4. The van der Waals surface area contributed by atoms with Gasteiger partial charge in [0.25, 0.3) is 0 Å². The molecule has 0 nitrogen and oxygen atoms in total. The molecule has 0 bridgehead atoms. The quantitative estimate of drug-likeness (QED) is 0.161. The van der Waals surface area contributed by atoms with E-state index in [0.29, 0.717) is 21.7 Å². The molecule has 266 valence electrons. The fourth-order valence-electron chi connectivity index (χ4n) is 9.34. The van der Waals surface area contributed by atoms with Crippen molar-refractivity contribution in [1.82, 2.24) is 0 Å². The van der Waals surface area contributed by atoms with Gasteiger partial charge >= 0.3 is 12.4 Å². The zero-order valence-corrected chi connectivity index (χ0v) is 30.8. The van der Waals surface area contributed by atoms with Crippen molar-refractivity contribution in [2.24, 2.45) is 5.92 Å². The first kappa shape index (κ1) is 36.9. The monoisotopic (exact) mass is 718 g/mol. The maximum atomic E-state index is 14.2. The lowest BCUT2D eigenvalue weighted by Gasteiger charge is -2.41. The standard InChI is InChI=1S/C41H50F6P2/c1-27-21-30(40(42,43)44)25-34(23-27)48(35-24-28(2)22-31(26-35)41(45,46)47)29(3)36-18-12-19-37(36)38-17-10-11-20-39(38)49(32-13-6-4-7-14-32)33-15-8-5-9-16-33/h10-11,17,20-26,29,32-33,36-37H,4-9,12-16,18-19H2,1-3H3/t29-,36?,37?/m1/s1. The number of rotatable bonds is 8. The Labute approximate surface area is 291 Å². The minimum atomic E-state index is -4.54. The van der Waals surface area contributed by atoms with Gasteiger partial charge in [-0.3, -0.25) is 0 Å². The fraction of sp³-hybridized carbons (Fsp3) is 0.561. The van der Waals surface area contributed by atoms with Gasteiger partial charge in [0.1, 0.15) is 0 Å². The van der Waals surface area contributed by atoms with E-state index in [9.17, 15) is 26.3 Å². The molecule has 3 saturated carbocycles. The topological polar surface area (TPSA) is 0 Å². The molecule has 49 heavy (non-hydrogen) atoms. The van der Waals surface area contributed by atoms with Crippen LogP contribution < -0.4 is 15.9 Å². The summed E-state index contributed by atoms with van der Waals surface area (Å²) in [4.78, 5) is 0. The molecule has 0 spiro atoms. The van der Waals surface area contributed by atoms with Crippen LogP contribution in [-0.4, -0.2) is 17.0 Å². The summed E-state index contributed by atoms with van der Waals surface area (Å²) < 4.78 is 85.0. The molecule has 3 aliphatic carbocycles. The Balaban J connectivity index is 1.44. The summed E-state index contributed by atoms with van der Waals surface area (Å²) in [5.41, 5.74) is 2.28. The SMILES string of the molecule is Cc1cc(P(c2cc(C)cc(C(F)(F)F)c2)[C@H](C)C2CCCC2c2ccccc2P(C2CCCCC2)C2CCCCC2)cc(C(F)(F)F)c1. The van der Waals surface area contributed by atoms with E-state index < -0.39 is 31.4 Å². The lowest BCUT2D eigenvalue weighted by atomic mass is 9.87. The normalized spacial score (nSPS) is 22.3. The summed E-state index contributed by atoms with van der Waals surface area (Å²) in [6.45, 7) is 5.43. The molecule has 0 N–H and O–H groups in total. The highest BCUT2D eigenvalue weighted by molar-refractivity contribution is 7.73. The van der Waals surface area contributed by atoms with E-state index in [1.165, 1.54) is 81.9 Å². The Morgan fingerprint density at radius 1 is 0.592 bits per heavy atom. The molecule has 3 aliphatic rings. The molecule has 0 aromatic heterocycles. The number of hydrogen-bond acceptors (Lipinski definition) is 0. The molecule has 0 saturated heterocycles.